The van der Waals surface area contributed by atoms with Crippen molar-refractivity contribution in [3.63, 3.8) is 0 Å². The molecule has 1 aliphatic heterocycles. The Morgan fingerprint density at radius 1 is 1.24 bits per heavy atom. The molecule has 1 saturated heterocycles. The molecule has 158 valence electrons. The van der Waals surface area contributed by atoms with Gasteiger partial charge in [0.1, 0.15) is 11.4 Å². The molecule has 1 spiro atoms. The van der Waals surface area contributed by atoms with Crippen molar-refractivity contribution in [2.24, 2.45) is 11.8 Å². The van der Waals surface area contributed by atoms with Crippen molar-refractivity contribution in [2.45, 2.75) is 58.0 Å². The van der Waals surface area contributed by atoms with Gasteiger partial charge in [-0.25, -0.2) is 9.18 Å². The molecule has 1 aliphatic carbocycles. The fraction of sp³-hybridized carbons (Fsp3) is 0.571. The molecule has 8 heteroatoms. The summed E-state index contributed by atoms with van der Waals surface area (Å²) in [6, 6.07) is 5.35. The number of carbonyl (C=O) groups is 3. The van der Waals surface area contributed by atoms with Gasteiger partial charge in [-0.1, -0.05) is 32.9 Å². The summed E-state index contributed by atoms with van der Waals surface area (Å²) in [5, 5.41) is 6.71. The normalized spacial score (nSPS) is 25.4. The molecular weight excluding hydrogens is 375 g/mol. The smallest absolute Gasteiger partial charge is 0.322 e. The number of imide groups is 1. The first kappa shape index (κ1) is 21.2. The Balaban J connectivity index is 1.59. The predicted octanol–water partition coefficient (Wildman–Crippen LogP) is 2.64. The monoisotopic (exact) mass is 404 g/mol. The molecule has 1 atom stereocenters. The van der Waals surface area contributed by atoms with Crippen molar-refractivity contribution in [2.75, 3.05) is 6.54 Å². The van der Waals surface area contributed by atoms with Gasteiger partial charge < -0.3 is 10.6 Å². The maximum atomic E-state index is 13.2. The van der Waals surface area contributed by atoms with Gasteiger partial charge in [-0.3, -0.25) is 15.0 Å². The average Bonchev–Trinajstić information content (AvgIpc) is 2.90. The maximum absolute atomic E-state index is 13.2. The van der Waals surface area contributed by atoms with Crippen molar-refractivity contribution in [3.05, 3.63) is 35.6 Å². The van der Waals surface area contributed by atoms with Crippen molar-refractivity contribution in [1.29, 1.82) is 0 Å². The first-order valence-electron chi connectivity index (χ1n) is 10.2. The topological polar surface area (TPSA) is 90.5 Å². The van der Waals surface area contributed by atoms with Crippen LogP contribution in [0.2, 0.25) is 0 Å². The fourth-order valence-electron chi connectivity index (χ4n) is 4.09. The molecule has 3 N–H and O–H groups in total. The summed E-state index contributed by atoms with van der Waals surface area (Å²) in [6.45, 7) is 6.03. The van der Waals surface area contributed by atoms with Gasteiger partial charge in [0.2, 0.25) is 0 Å². The Kier molecular flexibility index (Phi) is 6.21. The molecule has 0 bridgehead atoms. The summed E-state index contributed by atoms with van der Waals surface area (Å²) in [7, 11) is 0. The molecule has 0 unspecified atom stereocenters. The van der Waals surface area contributed by atoms with Crippen LogP contribution in [-0.2, 0) is 9.59 Å². The summed E-state index contributed by atoms with van der Waals surface area (Å²) >= 11 is 0. The Morgan fingerprint density at radius 2 is 1.86 bits per heavy atom. The summed E-state index contributed by atoms with van der Waals surface area (Å²) in [4.78, 5) is 37.5. The van der Waals surface area contributed by atoms with E-state index in [9.17, 15) is 18.8 Å². The zero-order valence-corrected chi connectivity index (χ0v) is 17.1. The molecule has 1 saturated carbocycles. The molecule has 0 radical (unpaired) electrons. The quantitative estimate of drug-likeness (QED) is 0.636. The van der Waals surface area contributed by atoms with Gasteiger partial charge in [-0.05, 0) is 55.2 Å². The van der Waals surface area contributed by atoms with Crippen LogP contribution in [-0.4, -0.2) is 34.9 Å². The summed E-state index contributed by atoms with van der Waals surface area (Å²) < 4.78 is 13.2. The second-order valence-electron chi connectivity index (χ2n) is 8.52. The number of benzene rings is 1. The highest BCUT2D eigenvalue weighted by Gasteiger charge is 2.52. The molecule has 2 aliphatic rings. The van der Waals surface area contributed by atoms with Crippen molar-refractivity contribution in [3.8, 4) is 0 Å². The van der Waals surface area contributed by atoms with E-state index < -0.39 is 17.5 Å². The van der Waals surface area contributed by atoms with Gasteiger partial charge in [0.15, 0.2) is 0 Å². The number of carbonyl (C=O) groups excluding carboxylic acids is 3. The van der Waals surface area contributed by atoms with E-state index in [0.717, 1.165) is 23.4 Å². The van der Waals surface area contributed by atoms with Crippen LogP contribution in [0, 0.1) is 17.7 Å². The minimum Gasteiger partial charge on any atom is -0.322 e. The summed E-state index contributed by atoms with van der Waals surface area (Å²) in [6.07, 6.45) is 2.90. The van der Waals surface area contributed by atoms with Crippen LogP contribution in [0.15, 0.2) is 24.3 Å². The van der Waals surface area contributed by atoms with E-state index in [1.165, 1.54) is 12.1 Å². The molecule has 7 nitrogen and oxygen atoms in total. The van der Waals surface area contributed by atoms with Crippen molar-refractivity contribution >= 4 is 17.8 Å². The number of halogens is 1. The predicted molar refractivity (Wildman–Crippen MR) is 106 cm³/mol. The zero-order chi connectivity index (χ0) is 21.2. The average molecular weight is 404 g/mol. The number of urea groups is 1. The number of hydrazine groups is 1. The number of amides is 4. The van der Waals surface area contributed by atoms with Gasteiger partial charge in [0.05, 0.1) is 6.54 Å². The lowest BCUT2D eigenvalue weighted by Crippen LogP contribution is -2.52. The van der Waals surface area contributed by atoms with Crippen molar-refractivity contribution in [1.82, 2.24) is 21.1 Å². The third kappa shape index (κ3) is 4.58. The SMILES string of the molecule is CC1CCC2(CC1)NC(=O)N(NC(=O)CN[C@@H](c1ccc(F)cc1)C(C)C)C2=O. The van der Waals surface area contributed by atoms with Crippen LogP contribution >= 0.6 is 0 Å². The van der Waals surface area contributed by atoms with Gasteiger partial charge >= 0.3 is 6.03 Å². The van der Waals surface area contributed by atoms with E-state index in [1.807, 2.05) is 13.8 Å². The Morgan fingerprint density at radius 3 is 2.45 bits per heavy atom. The number of hydrogen-bond donors (Lipinski definition) is 3. The lowest BCUT2D eigenvalue weighted by Gasteiger charge is -2.33. The molecular formula is C21H29FN4O3. The number of nitrogens with one attached hydrogen (secondary N) is 3. The largest absolute Gasteiger partial charge is 0.344 e. The van der Waals surface area contributed by atoms with Crippen LogP contribution in [0.5, 0.6) is 0 Å². The van der Waals surface area contributed by atoms with Crippen molar-refractivity contribution < 1.29 is 18.8 Å². The highest BCUT2D eigenvalue weighted by atomic mass is 19.1. The lowest BCUT2D eigenvalue weighted by atomic mass is 9.77. The fourth-order valence-corrected chi connectivity index (χ4v) is 4.09. The first-order valence-corrected chi connectivity index (χ1v) is 10.2. The van der Waals surface area contributed by atoms with Crippen LogP contribution in [0.25, 0.3) is 0 Å². The molecule has 4 amide bonds. The van der Waals surface area contributed by atoms with Crippen LogP contribution in [0.3, 0.4) is 0 Å². The van der Waals surface area contributed by atoms with E-state index in [4.69, 9.17) is 0 Å². The van der Waals surface area contributed by atoms with Gasteiger partial charge in [0.25, 0.3) is 11.8 Å². The van der Waals surface area contributed by atoms with E-state index in [0.29, 0.717) is 18.8 Å². The second kappa shape index (κ2) is 8.49. The Labute approximate surface area is 170 Å². The highest BCUT2D eigenvalue weighted by Crippen LogP contribution is 2.35. The molecule has 0 aromatic heterocycles. The van der Waals surface area contributed by atoms with Crippen LogP contribution in [0.1, 0.15) is 58.1 Å². The number of nitrogens with zero attached hydrogens (tertiary/aromatic N) is 1. The molecule has 3 rings (SSSR count). The molecule has 1 aromatic carbocycles. The number of rotatable bonds is 6. The van der Waals surface area contributed by atoms with E-state index in [2.05, 4.69) is 23.0 Å². The Hall–Kier alpha value is -2.48. The second-order valence-corrected chi connectivity index (χ2v) is 8.52. The van der Waals surface area contributed by atoms with Gasteiger partial charge in [-0.2, -0.15) is 5.01 Å². The molecule has 29 heavy (non-hydrogen) atoms. The minimum atomic E-state index is -0.890. The standard InChI is InChI=1S/C21H29FN4O3/c1-13(2)18(15-4-6-16(22)7-5-15)23-12-17(27)25-26-19(28)21(24-20(26)29)10-8-14(3)9-11-21/h4-7,13-14,18,23H,8-12H2,1-3H3,(H,24,29)(H,25,27)/t14?,18-,21?/m1/s1. The number of hydrogen-bond acceptors (Lipinski definition) is 4. The summed E-state index contributed by atoms with van der Waals surface area (Å²) in [5.41, 5.74) is 2.40. The van der Waals surface area contributed by atoms with E-state index >= 15 is 0 Å². The highest BCUT2D eigenvalue weighted by molar-refractivity contribution is 6.08. The summed E-state index contributed by atoms with van der Waals surface area (Å²) in [5.74, 6) is -0.516. The van der Waals surface area contributed by atoms with E-state index in [1.54, 1.807) is 12.1 Å². The molecule has 1 aromatic rings. The third-order valence-corrected chi connectivity index (χ3v) is 5.90. The zero-order valence-electron chi connectivity index (χ0n) is 17.1. The lowest BCUT2D eigenvalue weighted by molar-refractivity contribution is -0.139. The van der Waals surface area contributed by atoms with E-state index in [-0.39, 0.29) is 30.2 Å². The minimum absolute atomic E-state index is 0.0820. The van der Waals surface area contributed by atoms with Gasteiger partial charge in [0, 0.05) is 6.04 Å². The van der Waals surface area contributed by atoms with Gasteiger partial charge in [-0.15, -0.1) is 0 Å². The first-order chi connectivity index (χ1) is 13.7. The van der Waals surface area contributed by atoms with Crippen LogP contribution in [0.4, 0.5) is 9.18 Å². The third-order valence-electron chi connectivity index (χ3n) is 5.90. The Bertz CT molecular complexity index is 773. The van der Waals surface area contributed by atoms with Crippen LogP contribution < -0.4 is 16.1 Å². The molecule has 1 heterocycles. The molecule has 2 fully saturated rings. The maximum Gasteiger partial charge on any atom is 0.344 e.